The molecule has 476 valence electrons. The van der Waals surface area contributed by atoms with E-state index < -0.39 is 29.5 Å². The zero-order valence-electron chi connectivity index (χ0n) is 51.5. The maximum atomic E-state index is 13.2. The first kappa shape index (κ1) is 66.7. The Balaban J connectivity index is 0.678. The number of nitrogens with one attached hydrogen (secondary N) is 8. The number of nitrogens with zero attached hydrogens (tertiary/aromatic N) is 8. The third-order valence-corrected chi connectivity index (χ3v) is 14.0. The molecule has 89 heavy (non-hydrogen) atoms. The van der Waals surface area contributed by atoms with Gasteiger partial charge in [0.2, 0.25) is 23.5 Å². The van der Waals surface area contributed by atoms with Gasteiger partial charge in [0.05, 0.1) is 57.5 Å². The molecule has 0 saturated heterocycles. The molecule has 0 aliphatic carbocycles. The first-order valence-electron chi connectivity index (χ1n) is 28.8. The lowest BCUT2D eigenvalue weighted by Gasteiger charge is -2.17. The Morgan fingerprint density at radius 1 is 0.584 bits per heavy atom. The van der Waals surface area contributed by atoms with E-state index in [-0.39, 0.29) is 85.2 Å². The average molecular weight is 1230 g/mol. The summed E-state index contributed by atoms with van der Waals surface area (Å²) in [4.78, 5) is 120. The molecule has 0 aliphatic rings. The summed E-state index contributed by atoms with van der Waals surface area (Å²) in [7, 11) is 11.6. The van der Waals surface area contributed by atoms with Gasteiger partial charge in [0.15, 0.2) is 11.6 Å². The first-order valence-corrected chi connectivity index (χ1v) is 28.8. The van der Waals surface area contributed by atoms with Gasteiger partial charge >= 0.3 is 0 Å². The molecular weight excluding hydrogens is 1150 g/mol. The second-order valence-electron chi connectivity index (χ2n) is 21.0. The summed E-state index contributed by atoms with van der Waals surface area (Å²) < 4.78 is 34.1. The lowest BCUT2D eigenvalue weighted by molar-refractivity contribution is -0.122. The van der Waals surface area contributed by atoms with Gasteiger partial charge in [-0.3, -0.25) is 38.4 Å². The molecule has 0 fully saturated rings. The standard InChI is InChI=1S/C60H78N16O13/c1-37-28-39(53-68-43-32-42(85-8)33-46(86-9)51(43)58(82)71-53)29-38(2)52(37)89-27-26-88-25-24-87-23-14-49(78)62-16-11-21-72(3)20-10-15-61-48(77)12-17-64-56(80)45-31-41(35-75(45)6)67-60(84)55-70-47(36-76(55)7)69-50(79)13-18-65-57(81)44-30-40(34-74(44)5)66-59(83)54-63-19-22-73(54)4/h19,22,28-36H,10-18,20-21,23-27H2,1-9H3,(H,61,77)(H,62,78)(H,64,80)(H,65,81)(H,66,83)(H,67,84)(H,69,79)(H,68,71,82). The molecule has 5 heterocycles. The molecule has 0 bridgehead atoms. The second-order valence-corrected chi connectivity index (χ2v) is 21.0. The van der Waals surface area contributed by atoms with E-state index in [2.05, 4.69) is 57.1 Å². The van der Waals surface area contributed by atoms with Crippen molar-refractivity contribution in [3.8, 4) is 28.6 Å². The van der Waals surface area contributed by atoms with Crippen LogP contribution in [0, 0.1) is 13.8 Å². The highest BCUT2D eigenvalue weighted by Gasteiger charge is 2.21. The monoisotopic (exact) mass is 1230 g/mol. The van der Waals surface area contributed by atoms with E-state index in [0.29, 0.717) is 85.5 Å². The van der Waals surface area contributed by atoms with E-state index in [4.69, 9.17) is 28.7 Å². The predicted octanol–water partition coefficient (Wildman–Crippen LogP) is 3.20. The van der Waals surface area contributed by atoms with Crippen molar-refractivity contribution in [3.63, 3.8) is 0 Å². The van der Waals surface area contributed by atoms with Crippen molar-refractivity contribution in [1.29, 1.82) is 0 Å². The fourth-order valence-corrected chi connectivity index (χ4v) is 9.45. The number of aromatic nitrogens is 8. The van der Waals surface area contributed by atoms with Crippen LogP contribution >= 0.6 is 0 Å². The van der Waals surface area contributed by atoms with Gasteiger partial charge in [-0.05, 0) is 82.2 Å². The van der Waals surface area contributed by atoms with Crippen LogP contribution in [-0.2, 0) is 52.0 Å². The summed E-state index contributed by atoms with van der Waals surface area (Å²) >= 11 is 0. The predicted molar refractivity (Wildman–Crippen MR) is 331 cm³/mol. The van der Waals surface area contributed by atoms with Crippen LogP contribution in [0.3, 0.4) is 0 Å². The van der Waals surface area contributed by atoms with Crippen LogP contribution in [0.5, 0.6) is 17.2 Å². The maximum absolute atomic E-state index is 13.2. The van der Waals surface area contributed by atoms with Crippen LogP contribution in [0.4, 0.5) is 17.2 Å². The molecule has 2 aromatic carbocycles. The van der Waals surface area contributed by atoms with Gasteiger partial charge in [-0.1, -0.05) is 0 Å². The largest absolute Gasteiger partial charge is 0.497 e. The number of aromatic amines is 1. The molecule has 0 radical (unpaired) electrons. The van der Waals surface area contributed by atoms with E-state index in [1.807, 2.05) is 33.0 Å². The number of aryl methyl sites for hydroxylation is 6. The fraction of sp³-hybridized carbons (Fsp3) is 0.417. The molecule has 7 rings (SSSR count). The van der Waals surface area contributed by atoms with Crippen molar-refractivity contribution >= 4 is 69.4 Å². The van der Waals surface area contributed by atoms with E-state index in [1.165, 1.54) is 47.9 Å². The van der Waals surface area contributed by atoms with Gasteiger partial charge < -0.3 is 89.1 Å². The highest BCUT2D eigenvalue weighted by molar-refractivity contribution is 6.04. The molecule has 29 heteroatoms. The van der Waals surface area contributed by atoms with E-state index in [9.17, 15) is 38.4 Å². The molecule has 29 nitrogen and oxygen atoms in total. The molecule has 0 atom stereocenters. The molecule has 7 amide bonds. The Labute approximate surface area is 513 Å². The Morgan fingerprint density at radius 2 is 1.16 bits per heavy atom. The number of fused-ring (bicyclic) bond motifs is 1. The van der Waals surface area contributed by atoms with Gasteiger partial charge in [-0.25, -0.2) is 15.0 Å². The Hall–Kier alpha value is -9.87. The van der Waals surface area contributed by atoms with E-state index >= 15 is 0 Å². The molecule has 0 spiro atoms. The smallest absolute Gasteiger partial charge is 0.291 e. The van der Waals surface area contributed by atoms with Crippen molar-refractivity contribution in [2.45, 2.75) is 46.0 Å². The van der Waals surface area contributed by atoms with Crippen molar-refractivity contribution < 1.29 is 57.2 Å². The number of rotatable bonds is 34. The summed E-state index contributed by atoms with van der Waals surface area (Å²) in [5.74, 6) is -0.402. The van der Waals surface area contributed by atoms with Gasteiger partial charge in [0.25, 0.3) is 29.2 Å². The highest BCUT2D eigenvalue weighted by Crippen LogP contribution is 2.32. The number of ether oxygens (including phenoxy) is 5. The van der Waals surface area contributed by atoms with Crippen LogP contribution in [-0.4, -0.2) is 178 Å². The molecular formula is C60H78N16O13. The van der Waals surface area contributed by atoms with Crippen LogP contribution in [0.15, 0.2) is 72.2 Å². The lowest BCUT2D eigenvalue weighted by Crippen LogP contribution is -2.33. The number of carbonyl (C=O) groups excluding carboxylic acids is 7. The summed E-state index contributed by atoms with van der Waals surface area (Å²) in [5.41, 5.74) is 3.81. The van der Waals surface area contributed by atoms with Crippen LogP contribution in [0.25, 0.3) is 22.3 Å². The number of anilines is 3. The SMILES string of the molecule is COc1cc(OC)c2c(=O)[nH]c(-c3cc(C)c(OCCOCCOCCC(=O)NCCCN(C)CCCNC(=O)CCNC(=O)c4cc(NC(=O)c5nc(NC(=O)CCNC(=O)c6cc(NC(=O)c7nccn7C)cn6C)cn5C)cn4C)c(C)c3)nc2c1. The highest BCUT2D eigenvalue weighted by atomic mass is 16.5. The molecule has 0 unspecified atom stereocenters. The fourth-order valence-electron chi connectivity index (χ4n) is 9.45. The number of H-pyrrole nitrogens is 1. The van der Waals surface area contributed by atoms with Gasteiger partial charge in [-0.2, -0.15) is 0 Å². The lowest BCUT2D eigenvalue weighted by atomic mass is 10.0. The summed E-state index contributed by atoms with van der Waals surface area (Å²) in [5, 5.41) is 19.6. The Bertz CT molecular complexity index is 3690. The number of carbonyl (C=O) groups is 7. The molecule has 0 aliphatic heterocycles. The number of methoxy groups -OCH3 is 2. The van der Waals surface area contributed by atoms with Gasteiger partial charge in [0, 0.05) is 122 Å². The topological polar surface area (TPSA) is 344 Å². The number of hydrogen-bond donors (Lipinski definition) is 8. The average Bonchev–Trinajstić information content (AvgIpc) is 2.30. The number of amides is 7. The van der Waals surface area contributed by atoms with Crippen LogP contribution in [0.2, 0.25) is 0 Å². The summed E-state index contributed by atoms with van der Waals surface area (Å²) in [6, 6.07) is 10.1. The van der Waals surface area contributed by atoms with Crippen molar-refractivity contribution in [2.75, 3.05) is 110 Å². The van der Waals surface area contributed by atoms with Crippen LogP contribution in [0.1, 0.15) is 85.4 Å². The molecule has 0 saturated carbocycles. The van der Waals surface area contributed by atoms with Crippen molar-refractivity contribution in [3.05, 3.63) is 112 Å². The maximum Gasteiger partial charge on any atom is 0.291 e. The minimum atomic E-state index is -0.601. The number of imidazole rings is 2. The third kappa shape index (κ3) is 19.1. The molecule has 5 aromatic heterocycles. The quantitative estimate of drug-likeness (QED) is 0.0269. The van der Waals surface area contributed by atoms with E-state index in [0.717, 1.165) is 42.0 Å². The Kier molecular flexibility index (Phi) is 24.1. The third-order valence-electron chi connectivity index (χ3n) is 14.0. The Morgan fingerprint density at radius 3 is 1.74 bits per heavy atom. The summed E-state index contributed by atoms with van der Waals surface area (Å²) in [6.45, 7) is 7.96. The molecule has 7 aromatic rings. The first-order chi connectivity index (χ1) is 42.7. The number of benzene rings is 2. The van der Waals surface area contributed by atoms with Crippen molar-refractivity contribution in [2.24, 2.45) is 28.2 Å². The van der Waals surface area contributed by atoms with Gasteiger partial charge in [0.1, 0.15) is 46.5 Å². The minimum Gasteiger partial charge on any atom is -0.497 e. The normalized spacial score (nSPS) is 11.1. The minimum absolute atomic E-state index is 0.00973. The van der Waals surface area contributed by atoms with Crippen LogP contribution < -0.4 is 57.0 Å². The zero-order valence-corrected chi connectivity index (χ0v) is 51.5. The second kappa shape index (κ2) is 32.2. The summed E-state index contributed by atoms with van der Waals surface area (Å²) in [6.07, 6.45) is 9.38. The van der Waals surface area contributed by atoms with Crippen molar-refractivity contribution in [1.82, 2.24) is 64.4 Å². The number of hydrogen-bond acceptors (Lipinski definition) is 17. The zero-order chi connectivity index (χ0) is 64.1. The molecule has 8 N–H and O–H groups in total. The van der Waals surface area contributed by atoms with E-state index in [1.54, 1.807) is 68.0 Å². The van der Waals surface area contributed by atoms with Gasteiger partial charge in [-0.15, -0.1) is 0 Å².